The molecular weight excluding hydrogens is 206 g/mol. The van der Waals surface area contributed by atoms with Crippen molar-refractivity contribution in [3.8, 4) is 0 Å². The molecule has 0 aliphatic rings. The average Bonchev–Trinajstić information content (AvgIpc) is 2.72. The van der Waals surface area contributed by atoms with E-state index in [2.05, 4.69) is 9.84 Å². The Labute approximate surface area is 92.8 Å². The quantitative estimate of drug-likeness (QED) is 0.757. The Morgan fingerprint density at radius 2 is 2.44 bits per heavy atom. The summed E-state index contributed by atoms with van der Waals surface area (Å²) in [4.78, 5) is 11.2. The molecule has 1 unspecified atom stereocenters. The molecule has 16 heavy (non-hydrogen) atoms. The second-order valence-corrected chi connectivity index (χ2v) is 3.53. The van der Waals surface area contributed by atoms with Crippen LogP contribution < -0.4 is 5.73 Å². The first-order valence-corrected chi connectivity index (χ1v) is 4.97. The van der Waals surface area contributed by atoms with Crippen molar-refractivity contribution in [3.63, 3.8) is 0 Å². The summed E-state index contributed by atoms with van der Waals surface area (Å²) in [6, 6.07) is 5.11. The molecule has 0 amide bonds. The van der Waals surface area contributed by atoms with Gasteiger partial charge >= 0.3 is 5.97 Å². The van der Waals surface area contributed by atoms with Crippen molar-refractivity contribution in [1.29, 1.82) is 0 Å². The van der Waals surface area contributed by atoms with Crippen molar-refractivity contribution in [3.05, 3.63) is 36.2 Å². The molecule has 0 saturated carbocycles. The van der Waals surface area contributed by atoms with Gasteiger partial charge in [-0.05, 0) is 12.1 Å². The van der Waals surface area contributed by atoms with Crippen LogP contribution in [0.15, 0.2) is 30.6 Å². The second kappa shape index (κ2) is 4.32. The van der Waals surface area contributed by atoms with Crippen LogP contribution in [0.25, 0.3) is 5.52 Å². The predicted molar refractivity (Wildman–Crippen MR) is 58.9 cm³/mol. The number of carbonyl (C=O) groups excluding carboxylic acids is 1. The van der Waals surface area contributed by atoms with E-state index in [0.717, 1.165) is 11.1 Å². The highest BCUT2D eigenvalue weighted by Gasteiger charge is 2.16. The van der Waals surface area contributed by atoms with Crippen LogP contribution in [0.3, 0.4) is 0 Å². The highest BCUT2D eigenvalue weighted by Crippen LogP contribution is 2.11. The Kier molecular flexibility index (Phi) is 2.87. The number of rotatable bonds is 3. The Balaban J connectivity index is 2.24. The van der Waals surface area contributed by atoms with Gasteiger partial charge in [-0.25, -0.2) is 4.52 Å². The lowest BCUT2D eigenvalue weighted by Gasteiger charge is -2.07. The van der Waals surface area contributed by atoms with Gasteiger partial charge in [-0.3, -0.25) is 4.79 Å². The summed E-state index contributed by atoms with van der Waals surface area (Å²) in [5.74, 6) is -0.407. The fourth-order valence-electron chi connectivity index (χ4n) is 1.62. The van der Waals surface area contributed by atoms with Gasteiger partial charge in [0.05, 0.1) is 18.8 Å². The predicted octanol–water partition coefficient (Wildman–Crippen LogP) is 0.377. The topological polar surface area (TPSA) is 69.6 Å². The zero-order chi connectivity index (χ0) is 11.5. The summed E-state index contributed by atoms with van der Waals surface area (Å²) in [5, 5.41) is 4.17. The number of fused-ring (bicyclic) bond motifs is 1. The summed E-state index contributed by atoms with van der Waals surface area (Å²) in [5.41, 5.74) is 7.60. The maximum Gasteiger partial charge on any atom is 0.322 e. The molecule has 2 aromatic heterocycles. The lowest BCUT2D eigenvalue weighted by Crippen LogP contribution is -2.33. The van der Waals surface area contributed by atoms with Crippen LogP contribution in [0.2, 0.25) is 0 Å². The summed E-state index contributed by atoms with van der Waals surface area (Å²) < 4.78 is 6.33. The molecule has 0 aliphatic carbocycles. The minimum atomic E-state index is -0.641. The zero-order valence-electron chi connectivity index (χ0n) is 8.96. The molecule has 0 radical (unpaired) electrons. The van der Waals surface area contributed by atoms with Gasteiger partial charge in [0, 0.05) is 18.2 Å². The molecule has 0 aromatic carbocycles. The van der Waals surface area contributed by atoms with E-state index >= 15 is 0 Å². The maximum atomic E-state index is 11.2. The minimum Gasteiger partial charge on any atom is -0.468 e. The van der Waals surface area contributed by atoms with Gasteiger partial charge in [0.25, 0.3) is 0 Å². The lowest BCUT2D eigenvalue weighted by molar-refractivity contribution is -0.142. The van der Waals surface area contributed by atoms with Gasteiger partial charge in [0.1, 0.15) is 6.04 Å². The van der Waals surface area contributed by atoms with E-state index in [-0.39, 0.29) is 0 Å². The van der Waals surface area contributed by atoms with Crippen molar-refractivity contribution in [1.82, 2.24) is 9.61 Å². The fraction of sp³-hybridized carbons (Fsp3) is 0.273. The zero-order valence-corrected chi connectivity index (χ0v) is 8.96. The van der Waals surface area contributed by atoms with E-state index in [9.17, 15) is 4.79 Å². The van der Waals surface area contributed by atoms with Crippen LogP contribution in [0.5, 0.6) is 0 Å². The third-order valence-electron chi connectivity index (χ3n) is 2.45. The molecule has 0 saturated heterocycles. The number of aromatic nitrogens is 2. The normalized spacial score (nSPS) is 12.6. The van der Waals surface area contributed by atoms with Gasteiger partial charge in [-0.15, -0.1) is 0 Å². The molecule has 2 rings (SSSR count). The van der Waals surface area contributed by atoms with Gasteiger partial charge in [-0.1, -0.05) is 6.07 Å². The van der Waals surface area contributed by atoms with Crippen LogP contribution >= 0.6 is 0 Å². The first-order chi connectivity index (χ1) is 7.72. The summed E-state index contributed by atoms with van der Waals surface area (Å²) in [6.07, 6.45) is 4.00. The van der Waals surface area contributed by atoms with E-state index in [0.29, 0.717) is 6.42 Å². The van der Waals surface area contributed by atoms with Crippen LogP contribution in [-0.2, 0) is 16.0 Å². The van der Waals surface area contributed by atoms with Crippen molar-refractivity contribution in [2.75, 3.05) is 7.11 Å². The molecule has 0 spiro atoms. The first kappa shape index (κ1) is 10.6. The third-order valence-corrected chi connectivity index (χ3v) is 2.45. The molecule has 84 valence electrons. The van der Waals surface area contributed by atoms with Crippen LogP contribution in [0.4, 0.5) is 0 Å². The smallest absolute Gasteiger partial charge is 0.322 e. The van der Waals surface area contributed by atoms with Crippen LogP contribution in [0.1, 0.15) is 5.56 Å². The third kappa shape index (κ3) is 1.90. The molecule has 5 nitrogen and oxygen atoms in total. The van der Waals surface area contributed by atoms with E-state index < -0.39 is 12.0 Å². The highest BCUT2D eigenvalue weighted by atomic mass is 16.5. The molecule has 1 atom stereocenters. The molecule has 2 N–H and O–H groups in total. The Morgan fingerprint density at radius 1 is 1.62 bits per heavy atom. The van der Waals surface area contributed by atoms with Crippen LogP contribution in [0, 0.1) is 0 Å². The van der Waals surface area contributed by atoms with Gasteiger partial charge in [0.15, 0.2) is 0 Å². The average molecular weight is 219 g/mol. The Hall–Kier alpha value is -1.88. The summed E-state index contributed by atoms with van der Waals surface area (Å²) >= 11 is 0. The second-order valence-electron chi connectivity index (χ2n) is 3.53. The molecular formula is C11H13N3O2. The Morgan fingerprint density at radius 3 is 3.19 bits per heavy atom. The number of pyridine rings is 1. The highest BCUT2D eigenvalue weighted by molar-refractivity contribution is 5.76. The molecule has 2 aromatic rings. The number of carbonyl (C=O) groups is 1. The summed E-state index contributed by atoms with van der Waals surface area (Å²) in [7, 11) is 1.33. The standard InChI is InChI=1S/C11H13N3O2/c1-16-11(15)9(12)6-8-7-13-14-5-3-2-4-10(8)14/h2-5,7,9H,6,12H2,1H3. The number of hydrogen-bond acceptors (Lipinski definition) is 4. The van der Waals surface area contributed by atoms with Crippen molar-refractivity contribution < 1.29 is 9.53 Å². The van der Waals surface area contributed by atoms with Crippen LogP contribution in [-0.4, -0.2) is 28.7 Å². The molecule has 0 aliphatic heterocycles. The van der Waals surface area contributed by atoms with Gasteiger partial charge < -0.3 is 10.5 Å². The van der Waals surface area contributed by atoms with Gasteiger partial charge in [0.2, 0.25) is 0 Å². The SMILES string of the molecule is COC(=O)C(N)Cc1cnn2ccccc12. The molecule has 5 heteroatoms. The number of nitrogens with two attached hydrogens (primary N) is 1. The summed E-state index contributed by atoms with van der Waals surface area (Å²) in [6.45, 7) is 0. The number of esters is 1. The number of ether oxygens (including phenoxy) is 1. The number of methoxy groups -OCH3 is 1. The van der Waals surface area contributed by atoms with Crippen molar-refractivity contribution in [2.45, 2.75) is 12.5 Å². The maximum absolute atomic E-state index is 11.2. The molecule has 2 heterocycles. The largest absolute Gasteiger partial charge is 0.468 e. The fourth-order valence-corrected chi connectivity index (χ4v) is 1.62. The van der Waals surface area contributed by atoms with E-state index in [4.69, 9.17) is 5.73 Å². The van der Waals surface area contributed by atoms with Crippen molar-refractivity contribution >= 4 is 11.5 Å². The number of hydrogen-bond donors (Lipinski definition) is 1. The van der Waals surface area contributed by atoms with E-state index in [1.165, 1.54) is 7.11 Å². The first-order valence-electron chi connectivity index (χ1n) is 4.97. The lowest BCUT2D eigenvalue weighted by atomic mass is 10.1. The van der Waals surface area contributed by atoms with E-state index in [1.807, 2.05) is 24.4 Å². The monoisotopic (exact) mass is 219 g/mol. The van der Waals surface area contributed by atoms with Crippen molar-refractivity contribution in [2.24, 2.45) is 5.73 Å². The molecule has 0 bridgehead atoms. The molecule has 0 fully saturated rings. The number of nitrogens with zero attached hydrogens (tertiary/aromatic N) is 2. The van der Waals surface area contributed by atoms with Gasteiger partial charge in [-0.2, -0.15) is 5.10 Å². The van der Waals surface area contributed by atoms with E-state index in [1.54, 1.807) is 10.7 Å². The minimum absolute atomic E-state index is 0.407. The Bertz CT molecular complexity index is 507.